The number of aromatic nitrogens is 2. The molecule has 120 valence electrons. The Balaban J connectivity index is 2.72. The Hall–Kier alpha value is -2.44. The lowest BCUT2D eigenvalue weighted by Gasteiger charge is -2.06. The Bertz CT molecular complexity index is 570. The van der Waals surface area contributed by atoms with Gasteiger partial charge in [0, 0.05) is 6.20 Å². The summed E-state index contributed by atoms with van der Waals surface area (Å²) in [4.78, 5) is 31.6. The van der Waals surface area contributed by atoms with Crippen LogP contribution >= 0.6 is 0 Å². The highest BCUT2D eigenvalue weighted by atomic mass is 16.5. The summed E-state index contributed by atoms with van der Waals surface area (Å²) in [5, 5.41) is 0. The summed E-state index contributed by atoms with van der Waals surface area (Å²) >= 11 is 0. The van der Waals surface area contributed by atoms with Crippen LogP contribution in [0.4, 0.5) is 0 Å². The van der Waals surface area contributed by atoms with Gasteiger partial charge in [-0.3, -0.25) is 9.59 Å². The molecule has 0 aliphatic heterocycles. The Labute approximate surface area is 129 Å². The highest BCUT2D eigenvalue weighted by Crippen LogP contribution is 2.15. The van der Waals surface area contributed by atoms with Crippen LogP contribution in [0.25, 0.3) is 6.08 Å². The fraction of sp³-hybridized carbons (Fsp3) is 0.467. The number of nitrogens with zero attached hydrogens (tertiary/aromatic N) is 2. The molecule has 1 heterocycles. The van der Waals surface area contributed by atoms with E-state index in [1.54, 1.807) is 6.92 Å². The lowest BCUT2D eigenvalue weighted by molar-refractivity contribution is -0.145. The average molecular weight is 307 g/mol. The highest BCUT2D eigenvalue weighted by molar-refractivity contribution is 6.07. The molecule has 22 heavy (non-hydrogen) atoms. The third-order valence-electron chi connectivity index (χ3n) is 2.76. The number of hydrogen-bond acceptors (Lipinski definition) is 7. The first-order valence-electron chi connectivity index (χ1n) is 7.01. The zero-order valence-electron chi connectivity index (χ0n) is 13.1. The summed E-state index contributed by atoms with van der Waals surface area (Å²) in [6.07, 6.45) is 4.16. The number of carbonyl (C=O) groups is 2. The minimum Gasteiger partial charge on any atom is -0.479 e. The number of methoxy groups -OCH3 is 1. The van der Waals surface area contributed by atoms with Crippen LogP contribution in [0, 0.1) is 6.92 Å². The molecule has 0 fully saturated rings. The number of rotatable bonds is 8. The number of aryl methyl sites for hydroxylation is 1. The lowest BCUT2D eigenvalue weighted by Crippen LogP contribution is -2.17. The van der Waals surface area contributed by atoms with E-state index in [-0.39, 0.29) is 11.6 Å². The van der Waals surface area contributed by atoms with E-state index in [1.807, 2.05) is 6.92 Å². The van der Waals surface area contributed by atoms with Gasteiger partial charge in [-0.05, 0) is 19.4 Å². The van der Waals surface area contributed by atoms with Gasteiger partial charge in [0.25, 0.3) is 0 Å². The average Bonchev–Trinajstić information content (AvgIpc) is 2.49. The van der Waals surface area contributed by atoms with E-state index in [4.69, 9.17) is 15.2 Å². The topological polar surface area (TPSA) is 104 Å². The van der Waals surface area contributed by atoms with Crippen LogP contribution in [0.15, 0.2) is 11.9 Å². The number of unbranched alkanes of at least 4 members (excludes halogenated alkanes) is 1. The molecule has 0 saturated carbocycles. The first-order chi connectivity index (χ1) is 10.5. The number of nitrogens with two attached hydrogens (primary N) is 1. The number of allylic oxidation sites excluding steroid dienone is 1. The monoisotopic (exact) mass is 307 g/mol. The molecule has 2 N–H and O–H groups in total. The maximum atomic E-state index is 11.9. The predicted molar refractivity (Wildman–Crippen MR) is 81.0 cm³/mol. The van der Waals surface area contributed by atoms with Gasteiger partial charge in [-0.25, -0.2) is 9.97 Å². The maximum absolute atomic E-state index is 11.9. The molecule has 0 amide bonds. The van der Waals surface area contributed by atoms with Crippen LogP contribution in [0.1, 0.15) is 37.6 Å². The summed E-state index contributed by atoms with van der Waals surface area (Å²) in [6, 6.07) is 0. The number of carbonyl (C=O) groups excluding carboxylic acids is 2. The third kappa shape index (κ3) is 5.51. The number of esters is 1. The van der Waals surface area contributed by atoms with E-state index >= 15 is 0 Å². The van der Waals surface area contributed by atoms with Gasteiger partial charge in [0.2, 0.25) is 5.88 Å². The van der Waals surface area contributed by atoms with Crippen LogP contribution in [0.3, 0.4) is 0 Å². The van der Waals surface area contributed by atoms with Gasteiger partial charge in [0.1, 0.15) is 12.1 Å². The molecule has 7 heteroatoms. The molecule has 1 rings (SSSR count). The van der Waals surface area contributed by atoms with Gasteiger partial charge in [0.15, 0.2) is 5.78 Å². The van der Waals surface area contributed by atoms with Crippen molar-refractivity contribution in [2.45, 2.75) is 33.1 Å². The molecule has 1 aromatic rings. The highest BCUT2D eigenvalue weighted by Gasteiger charge is 2.14. The molecule has 1 aromatic heterocycles. The normalized spacial score (nSPS) is 11.1. The Morgan fingerprint density at radius 1 is 1.41 bits per heavy atom. The van der Waals surface area contributed by atoms with Gasteiger partial charge in [0.05, 0.1) is 25.1 Å². The largest absolute Gasteiger partial charge is 0.479 e. The smallest absolute Gasteiger partial charge is 0.313 e. The van der Waals surface area contributed by atoms with Gasteiger partial charge < -0.3 is 15.2 Å². The standard InChI is InChI=1S/C15H21N3O4/c1-4-5-6-22-14(20)8-13(19)11(16)7-12-15(21-3)18-10(2)9-17-12/h7,9H,4-6,8,16H2,1-3H3/b11-7-. The van der Waals surface area contributed by atoms with Gasteiger partial charge in [-0.1, -0.05) is 13.3 Å². The van der Waals surface area contributed by atoms with Gasteiger partial charge in [-0.15, -0.1) is 0 Å². The third-order valence-corrected chi connectivity index (χ3v) is 2.76. The summed E-state index contributed by atoms with van der Waals surface area (Å²) in [6.45, 7) is 4.06. The van der Waals surface area contributed by atoms with Crippen molar-refractivity contribution in [3.63, 3.8) is 0 Å². The van der Waals surface area contributed by atoms with E-state index in [1.165, 1.54) is 19.4 Å². The summed E-state index contributed by atoms with van der Waals surface area (Å²) < 4.78 is 10.00. The number of ketones is 1. The molecular weight excluding hydrogens is 286 g/mol. The van der Waals surface area contributed by atoms with Crippen LogP contribution in [-0.4, -0.2) is 35.4 Å². The summed E-state index contributed by atoms with van der Waals surface area (Å²) in [7, 11) is 1.45. The molecule has 0 aliphatic carbocycles. The number of Topliss-reactive ketones (excluding diaryl/α,β-unsaturated/α-hetero) is 1. The Morgan fingerprint density at radius 2 is 2.14 bits per heavy atom. The Kier molecular flexibility index (Phi) is 7.01. The van der Waals surface area contributed by atoms with Gasteiger partial charge in [-0.2, -0.15) is 0 Å². The van der Waals surface area contributed by atoms with Crippen LogP contribution < -0.4 is 10.5 Å². The molecule has 0 saturated heterocycles. The molecule has 0 bridgehead atoms. The number of hydrogen-bond donors (Lipinski definition) is 1. The molecule has 7 nitrogen and oxygen atoms in total. The van der Waals surface area contributed by atoms with Crippen molar-refractivity contribution in [3.05, 3.63) is 23.3 Å². The summed E-state index contributed by atoms with van der Waals surface area (Å²) in [5.74, 6) is -0.844. The fourth-order valence-electron chi connectivity index (χ4n) is 1.56. The van der Waals surface area contributed by atoms with Crippen LogP contribution in [-0.2, 0) is 14.3 Å². The van der Waals surface area contributed by atoms with Crippen molar-refractivity contribution >= 4 is 17.8 Å². The predicted octanol–water partition coefficient (Wildman–Crippen LogP) is 1.40. The zero-order valence-corrected chi connectivity index (χ0v) is 13.1. The van der Waals surface area contributed by atoms with E-state index < -0.39 is 18.2 Å². The van der Waals surface area contributed by atoms with E-state index in [9.17, 15) is 9.59 Å². The van der Waals surface area contributed by atoms with Crippen molar-refractivity contribution in [3.8, 4) is 5.88 Å². The SMILES string of the molecule is CCCCOC(=O)CC(=O)/C(N)=C/c1ncc(C)nc1OC. The fourth-order valence-corrected chi connectivity index (χ4v) is 1.56. The van der Waals surface area contributed by atoms with E-state index in [2.05, 4.69) is 9.97 Å². The summed E-state index contributed by atoms with van der Waals surface area (Å²) in [5.41, 5.74) is 6.61. The minimum absolute atomic E-state index is 0.0936. The van der Waals surface area contributed by atoms with Crippen molar-refractivity contribution in [1.29, 1.82) is 0 Å². The second kappa shape index (κ2) is 8.76. The second-order valence-corrected chi connectivity index (χ2v) is 4.68. The first kappa shape index (κ1) is 17.6. The van der Waals surface area contributed by atoms with Crippen molar-refractivity contribution in [1.82, 2.24) is 9.97 Å². The van der Waals surface area contributed by atoms with Crippen LogP contribution in [0.5, 0.6) is 5.88 Å². The maximum Gasteiger partial charge on any atom is 0.313 e. The lowest BCUT2D eigenvalue weighted by atomic mass is 10.2. The Morgan fingerprint density at radius 3 is 2.77 bits per heavy atom. The van der Waals surface area contributed by atoms with Gasteiger partial charge >= 0.3 is 5.97 Å². The molecule has 0 aliphatic rings. The molecule has 0 aromatic carbocycles. The second-order valence-electron chi connectivity index (χ2n) is 4.68. The van der Waals surface area contributed by atoms with Crippen molar-refractivity contribution in [2.75, 3.05) is 13.7 Å². The quantitative estimate of drug-likeness (QED) is 0.335. The van der Waals surface area contributed by atoms with Crippen LogP contribution in [0.2, 0.25) is 0 Å². The molecule has 0 atom stereocenters. The molecule has 0 unspecified atom stereocenters. The van der Waals surface area contributed by atoms with E-state index in [0.717, 1.165) is 12.8 Å². The zero-order chi connectivity index (χ0) is 16.5. The van der Waals surface area contributed by atoms with E-state index in [0.29, 0.717) is 18.0 Å². The number of ether oxygens (including phenoxy) is 2. The minimum atomic E-state index is -0.586. The van der Waals surface area contributed by atoms with Crippen molar-refractivity contribution in [2.24, 2.45) is 5.73 Å². The van der Waals surface area contributed by atoms with Crippen molar-refractivity contribution < 1.29 is 19.1 Å². The molecule has 0 spiro atoms. The first-order valence-corrected chi connectivity index (χ1v) is 7.01. The molecule has 0 radical (unpaired) electrons. The molecular formula is C15H21N3O4.